The fourth-order valence-corrected chi connectivity index (χ4v) is 1.56. The van der Waals surface area contributed by atoms with Crippen molar-refractivity contribution in [3.63, 3.8) is 0 Å². The second kappa shape index (κ2) is 7.80. The Kier molecular flexibility index (Phi) is 7.48. The largest absolute Gasteiger partial charge is 0.436 e. The molecule has 84 valence electrons. The van der Waals surface area contributed by atoms with Gasteiger partial charge in [0.15, 0.2) is 6.29 Å². The predicted octanol–water partition coefficient (Wildman–Crippen LogP) is 2.88. The maximum absolute atomic E-state index is 10.5. The van der Waals surface area contributed by atoms with E-state index in [0.29, 0.717) is 6.10 Å². The summed E-state index contributed by atoms with van der Waals surface area (Å²) >= 11 is 0. The zero-order chi connectivity index (χ0) is 11.0. The van der Waals surface area contributed by atoms with Gasteiger partial charge in [0.2, 0.25) is 0 Å². The summed E-state index contributed by atoms with van der Waals surface area (Å²) in [7, 11) is 0. The summed E-state index contributed by atoms with van der Waals surface area (Å²) in [6.07, 6.45) is 4.59. The van der Waals surface area contributed by atoms with Gasteiger partial charge < -0.3 is 9.47 Å². The lowest BCUT2D eigenvalue weighted by Crippen LogP contribution is -2.21. The number of rotatable bonds is 3. The van der Waals surface area contributed by atoms with Gasteiger partial charge in [0.1, 0.15) is 0 Å². The molecule has 0 saturated heterocycles. The van der Waals surface area contributed by atoms with Crippen molar-refractivity contribution in [1.29, 1.82) is 0 Å². The van der Waals surface area contributed by atoms with Gasteiger partial charge in [-0.2, -0.15) is 0 Å². The molecule has 0 spiro atoms. The van der Waals surface area contributed by atoms with Crippen LogP contribution in [0.25, 0.3) is 0 Å². The minimum absolute atomic E-state index is 0.277. The molecule has 1 rings (SSSR count). The monoisotopic (exact) mass is 202 g/mol. The maximum atomic E-state index is 10.5. The zero-order valence-electron chi connectivity index (χ0n) is 9.71. The van der Waals surface area contributed by atoms with E-state index in [-0.39, 0.29) is 12.3 Å². The molecule has 3 heteroatoms. The summed E-state index contributed by atoms with van der Waals surface area (Å²) in [5.74, 6) is -0.277. The van der Waals surface area contributed by atoms with Crippen LogP contribution in [0.4, 0.5) is 0 Å². The van der Waals surface area contributed by atoms with Gasteiger partial charge in [-0.1, -0.05) is 26.7 Å². The Hall–Kier alpha value is -0.570. The average Bonchev–Trinajstić information content (AvgIpc) is 2.59. The second-order valence-electron chi connectivity index (χ2n) is 3.22. The van der Waals surface area contributed by atoms with E-state index in [9.17, 15) is 4.79 Å². The normalized spacial score (nSPS) is 18.3. The van der Waals surface area contributed by atoms with Crippen molar-refractivity contribution in [2.75, 3.05) is 0 Å². The van der Waals surface area contributed by atoms with Gasteiger partial charge in [-0.05, 0) is 19.8 Å². The Balaban J connectivity index is 0.000000791. The van der Waals surface area contributed by atoms with E-state index >= 15 is 0 Å². The first-order chi connectivity index (χ1) is 6.68. The van der Waals surface area contributed by atoms with Gasteiger partial charge in [0.25, 0.3) is 0 Å². The summed E-state index contributed by atoms with van der Waals surface area (Å²) in [6, 6.07) is 0. The second-order valence-corrected chi connectivity index (χ2v) is 3.22. The number of carbonyl (C=O) groups excluding carboxylic acids is 1. The lowest BCUT2D eigenvalue weighted by Gasteiger charge is -2.17. The van der Waals surface area contributed by atoms with Crippen LogP contribution in [0.2, 0.25) is 0 Å². The van der Waals surface area contributed by atoms with Gasteiger partial charge in [-0.25, -0.2) is 0 Å². The van der Waals surface area contributed by atoms with Crippen molar-refractivity contribution < 1.29 is 14.3 Å². The molecule has 1 saturated carbocycles. The molecule has 1 unspecified atom stereocenters. The van der Waals surface area contributed by atoms with Crippen molar-refractivity contribution in [2.24, 2.45) is 0 Å². The quantitative estimate of drug-likeness (QED) is 0.521. The molecule has 0 aromatic carbocycles. The van der Waals surface area contributed by atoms with Crippen LogP contribution in [0, 0.1) is 0 Å². The van der Waals surface area contributed by atoms with Crippen LogP contribution in [-0.2, 0) is 14.3 Å². The fourth-order valence-electron chi connectivity index (χ4n) is 1.56. The van der Waals surface area contributed by atoms with Crippen LogP contribution in [-0.4, -0.2) is 18.4 Å². The molecule has 0 amide bonds. The highest BCUT2D eigenvalue weighted by Crippen LogP contribution is 2.22. The summed E-state index contributed by atoms with van der Waals surface area (Å²) in [5, 5.41) is 0. The molecule has 0 heterocycles. The molecule has 0 aliphatic heterocycles. The third kappa shape index (κ3) is 5.97. The van der Waals surface area contributed by atoms with Gasteiger partial charge >= 0.3 is 5.97 Å². The third-order valence-electron chi connectivity index (χ3n) is 2.02. The molecule has 0 aromatic rings. The van der Waals surface area contributed by atoms with E-state index in [1.54, 1.807) is 6.92 Å². The number of carbonyl (C=O) groups is 1. The SMILES string of the molecule is CC.CC(=O)OC(C)OC1CCCC1. The van der Waals surface area contributed by atoms with Crippen LogP contribution in [0.1, 0.15) is 53.4 Å². The highest BCUT2D eigenvalue weighted by atomic mass is 16.7. The highest BCUT2D eigenvalue weighted by molar-refractivity contribution is 5.65. The lowest BCUT2D eigenvalue weighted by molar-refractivity contribution is -0.181. The summed E-state index contributed by atoms with van der Waals surface area (Å²) in [5.41, 5.74) is 0. The third-order valence-corrected chi connectivity index (χ3v) is 2.02. The summed E-state index contributed by atoms with van der Waals surface area (Å²) in [6.45, 7) is 7.16. The standard InChI is InChI=1S/C9H16O3.C2H6/c1-7(10)11-8(2)12-9-5-3-4-6-9;1-2/h8-9H,3-6H2,1-2H3;1-2H3. The van der Waals surface area contributed by atoms with Crippen LogP contribution in [0.15, 0.2) is 0 Å². The van der Waals surface area contributed by atoms with Crippen LogP contribution < -0.4 is 0 Å². The average molecular weight is 202 g/mol. The van der Waals surface area contributed by atoms with E-state index in [1.165, 1.54) is 19.8 Å². The molecule has 0 bridgehead atoms. The summed E-state index contributed by atoms with van der Waals surface area (Å²) < 4.78 is 10.3. The van der Waals surface area contributed by atoms with Gasteiger partial charge in [-0.3, -0.25) is 4.79 Å². The number of ether oxygens (including phenoxy) is 2. The fraction of sp³-hybridized carbons (Fsp3) is 0.909. The molecule has 0 aromatic heterocycles. The van der Waals surface area contributed by atoms with Gasteiger partial charge in [0, 0.05) is 6.92 Å². The first-order valence-electron chi connectivity index (χ1n) is 5.51. The predicted molar refractivity (Wildman–Crippen MR) is 55.9 cm³/mol. The van der Waals surface area contributed by atoms with Crippen molar-refractivity contribution in [3.8, 4) is 0 Å². The Labute approximate surface area is 86.8 Å². The van der Waals surface area contributed by atoms with E-state index in [4.69, 9.17) is 9.47 Å². The van der Waals surface area contributed by atoms with E-state index in [2.05, 4.69) is 0 Å². The van der Waals surface area contributed by atoms with Gasteiger partial charge in [-0.15, -0.1) is 0 Å². The highest BCUT2D eigenvalue weighted by Gasteiger charge is 2.18. The molecule has 1 aliphatic carbocycles. The van der Waals surface area contributed by atoms with E-state index in [0.717, 1.165) is 12.8 Å². The molecule has 0 radical (unpaired) electrons. The topological polar surface area (TPSA) is 35.5 Å². The molecular formula is C11H22O3. The number of hydrogen-bond acceptors (Lipinski definition) is 3. The maximum Gasteiger partial charge on any atom is 0.304 e. The van der Waals surface area contributed by atoms with Crippen molar-refractivity contribution in [3.05, 3.63) is 0 Å². The van der Waals surface area contributed by atoms with Crippen LogP contribution >= 0.6 is 0 Å². The Morgan fingerprint density at radius 1 is 1.29 bits per heavy atom. The molecule has 14 heavy (non-hydrogen) atoms. The molecule has 1 aliphatic rings. The molecule has 1 atom stereocenters. The first kappa shape index (κ1) is 13.4. The Bertz CT molecular complexity index is 151. The molecular weight excluding hydrogens is 180 g/mol. The van der Waals surface area contributed by atoms with Crippen molar-refractivity contribution in [2.45, 2.75) is 65.8 Å². The van der Waals surface area contributed by atoms with E-state index < -0.39 is 0 Å². The van der Waals surface area contributed by atoms with Gasteiger partial charge in [0.05, 0.1) is 6.10 Å². The minimum Gasteiger partial charge on any atom is -0.436 e. The molecule has 1 fully saturated rings. The molecule has 3 nitrogen and oxygen atoms in total. The Morgan fingerprint density at radius 3 is 2.21 bits per heavy atom. The van der Waals surface area contributed by atoms with Crippen molar-refractivity contribution in [1.82, 2.24) is 0 Å². The van der Waals surface area contributed by atoms with E-state index in [1.807, 2.05) is 13.8 Å². The number of hydrogen-bond donors (Lipinski definition) is 0. The first-order valence-corrected chi connectivity index (χ1v) is 5.51. The lowest BCUT2D eigenvalue weighted by atomic mass is 10.3. The van der Waals surface area contributed by atoms with Crippen molar-refractivity contribution >= 4 is 5.97 Å². The van der Waals surface area contributed by atoms with Crippen LogP contribution in [0.5, 0.6) is 0 Å². The smallest absolute Gasteiger partial charge is 0.304 e. The number of esters is 1. The van der Waals surface area contributed by atoms with Crippen LogP contribution in [0.3, 0.4) is 0 Å². The summed E-state index contributed by atoms with van der Waals surface area (Å²) in [4.78, 5) is 10.5. The zero-order valence-corrected chi connectivity index (χ0v) is 9.71. The minimum atomic E-state index is -0.384. The molecule has 0 N–H and O–H groups in total. The Morgan fingerprint density at radius 2 is 1.79 bits per heavy atom.